The summed E-state index contributed by atoms with van der Waals surface area (Å²) in [6, 6.07) is 5.73. The van der Waals surface area contributed by atoms with Crippen LogP contribution in [0.2, 0.25) is 0 Å². The van der Waals surface area contributed by atoms with Gasteiger partial charge in [-0.15, -0.1) is 0 Å². The molecule has 1 saturated carbocycles. The first-order valence-electron chi connectivity index (χ1n) is 6.75. The van der Waals surface area contributed by atoms with E-state index in [1.807, 2.05) is 0 Å². The molecule has 1 N–H and O–H groups in total. The van der Waals surface area contributed by atoms with Crippen LogP contribution in [0, 0.1) is 16.0 Å². The van der Waals surface area contributed by atoms with Crippen molar-refractivity contribution in [3.63, 3.8) is 0 Å². The quantitative estimate of drug-likeness (QED) is 0.628. The Labute approximate surface area is 122 Å². The van der Waals surface area contributed by atoms with Crippen molar-refractivity contribution >= 4 is 11.6 Å². The number of non-ortho nitro benzene ring substituents is 1. The molecule has 0 aliphatic heterocycles. The van der Waals surface area contributed by atoms with Crippen molar-refractivity contribution in [1.29, 1.82) is 0 Å². The van der Waals surface area contributed by atoms with Crippen molar-refractivity contribution in [1.82, 2.24) is 4.90 Å². The number of rotatable bonds is 6. The Bertz CT molecular complexity index is 528. The fourth-order valence-electron chi connectivity index (χ4n) is 2.28. The number of nitrogens with zero attached hydrogens (tertiary/aromatic N) is 2. The average molecular weight is 294 g/mol. The molecule has 0 aromatic heterocycles. The molecule has 21 heavy (non-hydrogen) atoms. The van der Waals surface area contributed by atoms with E-state index in [1.54, 1.807) is 18.0 Å². The van der Waals surface area contributed by atoms with Crippen molar-refractivity contribution in [2.75, 3.05) is 20.2 Å². The van der Waals surface area contributed by atoms with E-state index in [4.69, 9.17) is 4.74 Å². The van der Waals surface area contributed by atoms with Crippen LogP contribution in [0.15, 0.2) is 24.3 Å². The van der Waals surface area contributed by atoms with Gasteiger partial charge in [0.1, 0.15) is 5.75 Å². The third-order valence-corrected chi connectivity index (χ3v) is 3.56. The normalized spacial score (nSPS) is 20.5. The predicted molar refractivity (Wildman–Crippen MR) is 75.0 cm³/mol. The first kappa shape index (κ1) is 15.2. The van der Waals surface area contributed by atoms with Gasteiger partial charge in [0.15, 0.2) is 6.61 Å². The lowest BCUT2D eigenvalue weighted by Crippen LogP contribution is -2.41. The van der Waals surface area contributed by atoms with Gasteiger partial charge in [0.2, 0.25) is 0 Å². The third-order valence-electron chi connectivity index (χ3n) is 3.56. The number of aliphatic hydroxyl groups is 1. The van der Waals surface area contributed by atoms with Gasteiger partial charge in [-0.1, -0.05) is 6.07 Å². The standard InChI is InChI=1S/C14H18N2O5/c1-15(8-10-5-12(17)6-10)14(18)9-21-13-4-2-3-11(7-13)16(19)20/h2-4,7,10,12,17H,5-6,8-9H2,1H3. The Hall–Kier alpha value is -2.15. The Morgan fingerprint density at radius 2 is 2.24 bits per heavy atom. The lowest BCUT2D eigenvalue weighted by atomic mass is 9.82. The minimum Gasteiger partial charge on any atom is -0.484 e. The molecule has 1 fully saturated rings. The van der Waals surface area contributed by atoms with Crippen LogP contribution in [0.3, 0.4) is 0 Å². The number of carbonyl (C=O) groups excluding carboxylic acids is 1. The number of ether oxygens (including phenoxy) is 1. The van der Waals surface area contributed by atoms with Crippen molar-refractivity contribution in [2.24, 2.45) is 5.92 Å². The summed E-state index contributed by atoms with van der Waals surface area (Å²) in [6.07, 6.45) is 1.21. The lowest BCUT2D eigenvalue weighted by molar-refractivity contribution is -0.384. The maximum absolute atomic E-state index is 11.9. The van der Waals surface area contributed by atoms with E-state index in [0.717, 1.165) is 12.8 Å². The summed E-state index contributed by atoms with van der Waals surface area (Å²) >= 11 is 0. The third kappa shape index (κ3) is 4.16. The number of benzene rings is 1. The highest BCUT2D eigenvalue weighted by Crippen LogP contribution is 2.27. The molecule has 1 aliphatic rings. The minimum atomic E-state index is -0.511. The molecule has 0 unspecified atom stereocenters. The summed E-state index contributed by atoms with van der Waals surface area (Å²) in [6.45, 7) is 0.432. The Morgan fingerprint density at radius 3 is 2.86 bits per heavy atom. The van der Waals surface area contributed by atoms with Crippen LogP contribution in [0.5, 0.6) is 5.75 Å². The van der Waals surface area contributed by atoms with Crippen molar-refractivity contribution in [3.8, 4) is 5.75 Å². The van der Waals surface area contributed by atoms with Gasteiger partial charge in [-0.2, -0.15) is 0 Å². The van der Waals surface area contributed by atoms with Crippen LogP contribution in [0.1, 0.15) is 12.8 Å². The molecule has 0 bridgehead atoms. The molecule has 1 aromatic carbocycles. The van der Waals surface area contributed by atoms with Gasteiger partial charge in [-0.05, 0) is 24.8 Å². The molecule has 0 atom stereocenters. The van der Waals surface area contributed by atoms with E-state index >= 15 is 0 Å². The molecule has 0 spiro atoms. The smallest absolute Gasteiger partial charge is 0.273 e. The average Bonchev–Trinajstić information content (AvgIpc) is 2.43. The maximum atomic E-state index is 11.9. The fourth-order valence-corrected chi connectivity index (χ4v) is 2.28. The van der Waals surface area contributed by atoms with Gasteiger partial charge >= 0.3 is 0 Å². The Kier molecular flexibility index (Phi) is 4.74. The molecule has 0 saturated heterocycles. The lowest BCUT2D eigenvalue weighted by Gasteiger charge is -2.34. The zero-order valence-electron chi connectivity index (χ0n) is 11.8. The second-order valence-corrected chi connectivity index (χ2v) is 5.31. The van der Waals surface area contributed by atoms with Crippen LogP contribution in [-0.2, 0) is 4.79 Å². The van der Waals surface area contributed by atoms with Crippen LogP contribution in [0.25, 0.3) is 0 Å². The van der Waals surface area contributed by atoms with E-state index in [1.165, 1.54) is 18.2 Å². The van der Waals surface area contributed by atoms with Gasteiger partial charge in [0.25, 0.3) is 11.6 Å². The number of aliphatic hydroxyl groups excluding tert-OH is 1. The van der Waals surface area contributed by atoms with Gasteiger partial charge in [-0.3, -0.25) is 14.9 Å². The van der Waals surface area contributed by atoms with Crippen LogP contribution in [0.4, 0.5) is 5.69 Å². The topological polar surface area (TPSA) is 92.9 Å². The highest BCUT2D eigenvalue weighted by atomic mass is 16.6. The zero-order chi connectivity index (χ0) is 15.4. The summed E-state index contributed by atoms with van der Waals surface area (Å²) in [5, 5.41) is 19.9. The molecule has 0 heterocycles. The fraction of sp³-hybridized carbons (Fsp3) is 0.500. The largest absolute Gasteiger partial charge is 0.484 e. The molecule has 1 aromatic rings. The number of hydrogen-bond acceptors (Lipinski definition) is 5. The van der Waals surface area contributed by atoms with E-state index < -0.39 is 4.92 Å². The Morgan fingerprint density at radius 1 is 1.52 bits per heavy atom. The summed E-state index contributed by atoms with van der Waals surface area (Å²) in [4.78, 5) is 23.6. The molecule has 1 aliphatic carbocycles. The number of likely N-dealkylation sites (N-methyl/N-ethyl adjacent to an activating group) is 1. The van der Waals surface area contributed by atoms with E-state index in [9.17, 15) is 20.0 Å². The highest BCUT2D eigenvalue weighted by Gasteiger charge is 2.29. The maximum Gasteiger partial charge on any atom is 0.273 e. The summed E-state index contributed by atoms with van der Waals surface area (Å²) in [5.41, 5.74) is -0.0724. The molecule has 1 amide bonds. The van der Waals surface area contributed by atoms with Crippen LogP contribution < -0.4 is 4.74 Å². The van der Waals surface area contributed by atoms with Gasteiger partial charge in [0.05, 0.1) is 17.1 Å². The molecular weight excluding hydrogens is 276 g/mol. The number of nitro groups is 1. The molecule has 114 valence electrons. The number of amides is 1. The molecular formula is C14H18N2O5. The predicted octanol–water partition coefficient (Wildman–Crippen LogP) is 1.20. The minimum absolute atomic E-state index is 0.0724. The van der Waals surface area contributed by atoms with Crippen LogP contribution in [-0.4, -0.2) is 47.1 Å². The first-order valence-corrected chi connectivity index (χ1v) is 6.75. The van der Waals surface area contributed by atoms with Crippen molar-refractivity contribution in [2.45, 2.75) is 18.9 Å². The summed E-state index contributed by atoms with van der Waals surface area (Å²) in [7, 11) is 1.68. The van der Waals surface area contributed by atoms with Gasteiger partial charge < -0.3 is 14.7 Å². The summed E-state index contributed by atoms with van der Waals surface area (Å²) in [5.74, 6) is 0.444. The van der Waals surface area contributed by atoms with Gasteiger partial charge in [-0.25, -0.2) is 0 Å². The number of carbonyl (C=O) groups is 1. The first-order chi connectivity index (χ1) is 9.95. The molecule has 7 nitrogen and oxygen atoms in total. The summed E-state index contributed by atoms with van der Waals surface area (Å²) < 4.78 is 5.29. The monoisotopic (exact) mass is 294 g/mol. The molecule has 0 radical (unpaired) electrons. The zero-order valence-corrected chi connectivity index (χ0v) is 11.8. The Balaban J connectivity index is 1.80. The highest BCUT2D eigenvalue weighted by molar-refractivity contribution is 5.77. The second-order valence-electron chi connectivity index (χ2n) is 5.31. The van der Waals surface area contributed by atoms with E-state index in [-0.39, 0.29) is 24.3 Å². The van der Waals surface area contributed by atoms with E-state index in [2.05, 4.69) is 0 Å². The van der Waals surface area contributed by atoms with Crippen LogP contribution >= 0.6 is 0 Å². The van der Waals surface area contributed by atoms with Crippen molar-refractivity contribution in [3.05, 3.63) is 34.4 Å². The number of hydrogen-bond donors (Lipinski definition) is 1. The molecule has 2 rings (SSSR count). The van der Waals surface area contributed by atoms with E-state index in [0.29, 0.717) is 18.2 Å². The second kappa shape index (κ2) is 6.53. The molecule has 7 heteroatoms. The number of nitro benzene ring substituents is 1. The van der Waals surface area contributed by atoms with Crippen molar-refractivity contribution < 1.29 is 19.6 Å². The SMILES string of the molecule is CN(CC1CC(O)C1)C(=O)COc1cccc([N+](=O)[O-])c1. The van der Waals surface area contributed by atoms with Gasteiger partial charge in [0, 0.05) is 19.7 Å².